The van der Waals surface area contributed by atoms with E-state index in [-0.39, 0.29) is 5.97 Å². The highest BCUT2D eigenvalue weighted by Gasteiger charge is 2.48. The molecule has 0 aromatic heterocycles. The molecule has 1 saturated carbocycles. The lowest BCUT2D eigenvalue weighted by Crippen LogP contribution is -2.54. The zero-order valence-corrected chi connectivity index (χ0v) is 14.6. The molecule has 1 rings (SSSR count). The van der Waals surface area contributed by atoms with Crippen molar-refractivity contribution in [1.82, 2.24) is 10.2 Å². The Morgan fingerprint density at radius 1 is 1.48 bits per heavy atom. The number of nitrogens with zero attached hydrogens (tertiary/aromatic N) is 1. The molecule has 0 radical (unpaired) electrons. The maximum atomic E-state index is 12.2. The number of carbonyl (C=O) groups is 1. The zero-order valence-electron chi connectivity index (χ0n) is 14.6. The van der Waals surface area contributed by atoms with Gasteiger partial charge in [-0.05, 0) is 51.2 Å². The molecule has 0 heterocycles. The van der Waals surface area contributed by atoms with E-state index in [0.29, 0.717) is 5.92 Å². The van der Waals surface area contributed by atoms with Gasteiger partial charge in [-0.3, -0.25) is 4.79 Å². The molecule has 21 heavy (non-hydrogen) atoms. The molecule has 1 aliphatic carbocycles. The van der Waals surface area contributed by atoms with Crippen LogP contribution in [-0.2, 0) is 9.53 Å². The Balaban J connectivity index is 2.61. The molecule has 0 spiro atoms. The quantitative estimate of drug-likeness (QED) is 0.665. The second-order valence-electron chi connectivity index (χ2n) is 6.50. The number of hydrogen-bond donors (Lipinski definition) is 1. The van der Waals surface area contributed by atoms with Crippen molar-refractivity contribution in [3.8, 4) is 0 Å². The Kier molecular flexibility index (Phi) is 7.67. The van der Waals surface area contributed by atoms with Gasteiger partial charge in [-0.25, -0.2) is 0 Å². The van der Waals surface area contributed by atoms with Crippen molar-refractivity contribution in [1.29, 1.82) is 0 Å². The van der Waals surface area contributed by atoms with Crippen molar-refractivity contribution in [2.45, 2.75) is 58.4 Å². The highest BCUT2D eigenvalue weighted by Crippen LogP contribution is 2.38. The van der Waals surface area contributed by atoms with E-state index in [0.717, 1.165) is 51.2 Å². The first kappa shape index (κ1) is 18.4. The van der Waals surface area contributed by atoms with Crippen LogP contribution in [0.2, 0.25) is 0 Å². The first-order valence-corrected chi connectivity index (χ1v) is 8.53. The van der Waals surface area contributed by atoms with Crippen molar-refractivity contribution in [2.75, 3.05) is 33.8 Å². The third kappa shape index (κ3) is 4.43. The number of nitrogens with one attached hydrogen (secondary N) is 1. The molecule has 1 aliphatic rings. The molecule has 0 aliphatic heterocycles. The number of ether oxygens (including phenoxy) is 1. The predicted molar refractivity (Wildman–Crippen MR) is 87.3 cm³/mol. The van der Waals surface area contributed by atoms with E-state index in [9.17, 15) is 4.79 Å². The summed E-state index contributed by atoms with van der Waals surface area (Å²) in [6.07, 6.45) is 5.43. The van der Waals surface area contributed by atoms with Gasteiger partial charge in [0, 0.05) is 6.54 Å². The van der Waals surface area contributed by atoms with Gasteiger partial charge >= 0.3 is 5.97 Å². The molecule has 1 fully saturated rings. The Hall–Kier alpha value is -0.610. The first-order chi connectivity index (χ1) is 10.0. The molecule has 3 atom stereocenters. The number of carbonyl (C=O) groups excluding carboxylic acids is 1. The van der Waals surface area contributed by atoms with Crippen molar-refractivity contribution < 1.29 is 9.53 Å². The summed E-state index contributed by atoms with van der Waals surface area (Å²) < 4.78 is 5.06. The largest absolute Gasteiger partial charge is 0.468 e. The van der Waals surface area contributed by atoms with Gasteiger partial charge in [0.05, 0.1) is 7.11 Å². The van der Waals surface area contributed by atoms with Gasteiger partial charge < -0.3 is 15.0 Å². The summed E-state index contributed by atoms with van der Waals surface area (Å²) in [6, 6.07) is 0. The summed E-state index contributed by atoms with van der Waals surface area (Å²) in [5, 5.41) is 3.28. The van der Waals surface area contributed by atoms with Crippen LogP contribution in [-0.4, -0.2) is 50.2 Å². The second-order valence-corrected chi connectivity index (χ2v) is 6.50. The maximum absolute atomic E-state index is 12.2. The number of esters is 1. The molecular weight excluding hydrogens is 264 g/mol. The molecule has 124 valence electrons. The van der Waals surface area contributed by atoms with Gasteiger partial charge in [0.15, 0.2) is 0 Å². The minimum atomic E-state index is -0.454. The standard InChI is InChI=1S/C17H34N2O2/c1-6-14(3)13-19(7-2)12-10-15-9-8-11-17(15,18-4)16(20)21-5/h14-15,18H,6-13H2,1-5H3. The SMILES string of the molecule is CCC(C)CN(CC)CCC1CCCC1(NC)C(=O)OC. The molecule has 1 N–H and O–H groups in total. The van der Waals surface area contributed by atoms with Gasteiger partial charge in [0.2, 0.25) is 0 Å². The third-order valence-electron chi connectivity index (χ3n) is 5.32. The van der Waals surface area contributed by atoms with Crippen molar-refractivity contribution >= 4 is 5.97 Å². The number of likely N-dealkylation sites (N-methyl/N-ethyl adjacent to an activating group) is 1. The van der Waals surface area contributed by atoms with E-state index >= 15 is 0 Å². The summed E-state index contributed by atoms with van der Waals surface area (Å²) in [7, 11) is 3.39. The second kappa shape index (κ2) is 8.74. The Bertz CT molecular complexity index is 322. The smallest absolute Gasteiger partial charge is 0.326 e. The van der Waals surface area contributed by atoms with Crippen LogP contribution in [0.15, 0.2) is 0 Å². The molecule has 4 heteroatoms. The number of rotatable bonds is 9. The number of hydrogen-bond acceptors (Lipinski definition) is 4. The molecule has 0 amide bonds. The summed E-state index contributed by atoms with van der Waals surface area (Å²) in [5.74, 6) is 1.04. The zero-order chi connectivity index (χ0) is 15.9. The molecule has 0 aromatic carbocycles. The van der Waals surface area contributed by atoms with E-state index in [4.69, 9.17) is 4.74 Å². The van der Waals surface area contributed by atoms with Crippen molar-refractivity contribution in [3.63, 3.8) is 0 Å². The van der Waals surface area contributed by atoms with Crippen LogP contribution in [0.3, 0.4) is 0 Å². The summed E-state index contributed by atoms with van der Waals surface area (Å²) >= 11 is 0. The Labute approximate surface area is 130 Å². The van der Waals surface area contributed by atoms with Crippen LogP contribution < -0.4 is 5.32 Å². The minimum absolute atomic E-state index is 0.0857. The van der Waals surface area contributed by atoms with Crippen LogP contribution in [0.1, 0.15) is 52.9 Å². The van der Waals surface area contributed by atoms with Gasteiger partial charge in [-0.2, -0.15) is 0 Å². The summed E-state index contributed by atoms with van der Waals surface area (Å²) in [5.41, 5.74) is -0.454. The number of methoxy groups -OCH3 is 1. The average molecular weight is 298 g/mol. The van der Waals surface area contributed by atoms with Gasteiger partial charge in [0.25, 0.3) is 0 Å². The van der Waals surface area contributed by atoms with E-state index in [1.807, 2.05) is 7.05 Å². The van der Waals surface area contributed by atoms with Gasteiger partial charge in [-0.15, -0.1) is 0 Å². The molecule has 3 unspecified atom stereocenters. The highest BCUT2D eigenvalue weighted by molar-refractivity contribution is 5.81. The normalized spacial score (nSPS) is 27.0. The molecular formula is C17H34N2O2. The Morgan fingerprint density at radius 2 is 2.19 bits per heavy atom. The summed E-state index contributed by atoms with van der Waals surface area (Å²) in [4.78, 5) is 14.7. The van der Waals surface area contributed by atoms with Crippen LogP contribution in [0.25, 0.3) is 0 Å². The molecule has 0 aromatic rings. The fourth-order valence-electron chi connectivity index (χ4n) is 3.64. The molecule has 0 saturated heterocycles. The van der Waals surface area contributed by atoms with E-state index in [2.05, 4.69) is 31.0 Å². The third-order valence-corrected chi connectivity index (χ3v) is 5.32. The van der Waals surface area contributed by atoms with E-state index in [1.54, 1.807) is 0 Å². The van der Waals surface area contributed by atoms with E-state index in [1.165, 1.54) is 13.5 Å². The lowest BCUT2D eigenvalue weighted by atomic mass is 9.84. The molecule has 0 bridgehead atoms. The fraction of sp³-hybridized carbons (Fsp3) is 0.941. The monoisotopic (exact) mass is 298 g/mol. The van der Waals surface area contributed by atoms with Gasteiger partial charge in [0.1, 0.15) is 5.54 Å². The lowest BCUT2D eigenvalue weighted by molar-refractivity contribution is -0.150. The maximum Gasteiger partial charge on any atom is 0.326 e. The highest BCUT2D eigenvalue weighted by atomic mass is 16.5. The summed E-state index contributed by atoms with van der Waals surface area (Å²) in [6.45, 7) is 10.1. The lowest BCUT2D eigenvalue weighted by Gasteiger charge is -2.34. The average Bonchev–Trinajstić information content (AvgIpc) is 2.94. The van der Waals surface area contributed by atoms with Crippen LogP contribution >= 0.6 is 0 Å². The topological polar surface area (TPSA) is 41.6 Å². The fourth-order valence-corrected chi connectivity index (χ4v) is 3.64. The van der Waals surface area contributed by atoms with E-state index < -0.39 is 5.54 Å². The van der Waals surface area contributed by atoms with Crippen molar-refractivity contribution in [3.05, 3.63) is 0 Å². The minimum Gasteiger partial charge on any atom is -0.468 e. The van der Waals surface area contributed by atoms with Crippen LogP contribution in [0, 0.1) is 11.8 Å². The molecule has 4 nitrogen and oxygen atoms in total. The first-order valence-electron chi connectivity index (χ1n) is 8.53. The van der Waals surface area contributed by atoms with Crippen LogP contribution in [0.5, 0.6) is 0 Å². The Morgan fingerprint density at radius 3 is 2.71 bits per heavy atom. The van der Waals surface area contributed by atoms with Gasteiger partial charge in [-0.1, -0.05) is 33.6 Å². The van der Waals surface area contributed by atoms with Crippen LogP contribution in [0.4, 0.5) is 0 Å². The predicted octanol–water partition coefficient (Wildman–Crippen LogP) is 2.68. The van der Waals surface area contributed by atoms with Crippen molar-refractivity contribution in [2.24, 2.45) is 11.8 Å².